The Hall–Kier alpha value is -0.770. The molecule has 2 N–H and O–H groups in total. The summed E-state index contributed by atoms with van der Waals surface area (Å²) in [6.45, 7) is 1.84. The lowest BCUT2D eigenvalue weighted by Gasteiger charge is -2.26. The molecule has 1 aliphatic heterocycles. The molecule has 3 atom stereocenters. The van der Waals surface area contributed by atoms with Crippen molar-refractivity contribution >= 4 is 11.6 Å². The highest BCUT2D eigenvalue weighted by Gasteiger charge is 2.24. The van der Waals surface area contributed by atoms with E-state index >= 15 is 0 Å². The van der Waals surface area contributed by atoms with Gasteiger partial charge in [-0.15, -0.1) is 0 Å². The van der Waals surface area contributed by atoms with E-state index in [9.17, 15) is 5.11 Å². The first-order valence-corrected chi connectivity index (χ1v) is 7.92. The maximum Gasteiger partial charge on any atom is 0.123 e. The number of aliphatic hydroxyl groups excluding tert-OH is 1. The molecule has 0 aromatic heterocycles. The summed E-state index contributed by atoms with van der Waals surface area (Å²) in [4.78, 5) is 0. The van der Waals surface area contributed by atoms with E-state index in [0.29, 0.717) is 5.92 Å². The SMILES string of the molecule is OC1CCCC(CNCC2Cc3cc(Cl)ccc3O2)C1. The lowest BCUT2D eigenvalue weighted by atomic mass is 9.87. The summed E-state index contributed by atoms with van der Waals surface area (Å²) >= 11 is 6.00. The monoisotopic (exact) mass is 295 g/mol. The molecule has 4 heteroatoms. The minimum Gasteiger partial charge on any atom is -0.488 e. The lowest BCUT2D eigenvalue weighted by molar-refractivity contribution is 0.0995. The van der Waals surface area contributed by atoms with Gasteiger partial charge in [-0.2, -0.15) is 0 Å². The van der Waals surface area contributed by atoms with Crippen LogP contribution >= 0.6 is 11.6 Å². The van der Waals surface area contributed by atoms with Crippen LogP contribution in [0.3, 0.4) is 0 Å². The van der Waals surface area contributed by atoms with Gasteiger partial charge in [0.15, 0.2) is 0 Å². The van der Waals surface area contributed by atoms with E-state index < -0.39 is 0 Å². The predicted molar refractivity (Wildman–Crippen MR) is 80.4 cm³/mol. The third-order valence-electron chi connectivity index (χ3n) is 4.32. The molecule has 3 unspecified atom stereocenters. The summed E-state index contributed by atoms with van der Waals surface area (Å²) in [5.74, 6) is 1.58. The van der Waals surface area contributed by atoms with Gasteiger partial charge >= 0.3 is 0 Å². The van der Waals surface area contributed by atoms with Gasteiger partial charge in [0.25, 0.3) is 0 Å². The van der Waals surface area contributed by atoms with E-state index in [-0.39, 0.29) is 12.2 Å². The predicted octanol–water partition coefficient (Wildman–Crippen LogP) is 2.78. The first kappa shape index (κ1) is 14.2. The van der Waals surface area contributed by atoms with Crippen molar-refractivity contribution in [3.63, 3.8) is 0 Å². The summed E-state index contributed by atoms with van der Waals surface area (Å²) in [6.07, 6.45) is 5.33. The summed E-state index contributed by atoms with van der Waals surface area (Å²) in [5.41, 5.74) is 1.21. The maximum atomic E-state index is 9.67. The number of ether oxygens (including phenoxy) is 1. The standard InChI is InChI=1S/C16H22ClNO2/c17-13-4-5-16-12(7-13)8-15(20-16)10-18-9-11-2-1-3-14(19)6-11/h4-5,7,11,14-15,18-19H,1-3,6,8-10H2. The molecule has 0 spiro atoms. The molecular weight excluding hydrogens is 274 g/mol. The quantitative estimate of drug-likeness (QED) is 0.897. The molecule has 1 aromatic rings. The van der Waals surface area contributed by atoms with Crippen LogP contribution in [0.25, 0.3) is 0 Å². The molecule has 1 saturated carbocycles. The average molecular weight is 296 g/mol. The van der Waals surface area contributed by atoms with Crippen molar-refractivity contribution in [2.75, 3.05) is 13.1 Å². The van der Waals surface area contributed by atoms with Crippen LogP contribution in [0.1, 0.15) is 31.2 Å². The van der Waals surface area contributed by atoms with Gasteiger partial charge in [-0.05, 0) is 55.5 Å². The molecule has 3 rings (SSSR count). The first-order valence-electron chi connectivity index (χ1n) is 7.54. The van der Waals surface area contributed by atoms with Crippen LogP contribution in [0.4, 0.5) is 0 Å². The number of fused-ring (bicyclic) bond motifs is 1. The summed E-state index contributed by atoms with van der Waals surface area (Å²) < 4.78 is 5.90. The Bertz CT molecular complexity index is 466. The summed E-state index contributed by atoms with van der Waals surface area (Å²) in [5, 5.41) is 13.9. The second kappa shape index (κ2) is 6.33. The Labute approximate surface area is 125 Å². The number of benzene rings is 1. The number of rotatable bonds is 4. The van der Waals surface area contributed by atoms with Gasteiger partial charge in [0.1, 0.15) is 11.9 Å². The minimum absolute atomic E-state index is 0.0929. The van der Waals surface area contributed by atoms with E-state index in [2.05, 4.69) is 5.32 Å². The number of hydrogen-bond acceptors (Lipinski definition) is 3. The highest BCUT2D eigenvalue weighted by atomic mass is 35.5. The molecule has 1 aromatic carbocycles. The smallest absolute Gasteiger partial charge is 0.123 e. The van der Waals surface area contributed by atoms with Crippen LogP contribution in [-0.2, 0) is 6.42 Å². The second-order valence-corrected chi connectivity index (χ2v) is 6.48. The van der Waals surface area contributed by atoms with E-state index in [0.717, 1.165) is 49.5 Å². The van der Waals surface area contributed by atoms with Crippen molar-refractivity contribution in [1.82, 2.24) is 5.32 Å². The largest absolute Gasteiger partial charge is 0.488 e. The summed E-state index contributed by atoms with van der Waals surface area (Å²) in [7, 11) is 0. The van der Waals surface area contributed by atoms with E-state index in [1.165, 1.54) is 12.0 Å². The fraction of sp³-hybridized carbons (Fsp3) is 0.625. The van der Waals surface area contributed by atoms with Gasteiger partial charge < -0.3 is 15.2 Å². The van der Waals surface area contributed by atoms with Gasteiger partial charge in [-0.3, -0.25) is 0 Å². The van der Waals surface area contributed by atoms with Crippen molar-refractivity contribution in [2.45, 2.75) is 44.3 Å². The zero-order valence-electron chi connectivity index (χ0n) is 11.6. The molecule has 1 aliphatic carbocycles. The van der Waals surface area contributed by atoms with Crippen LogP contribution in [0.2, 0.25) is 5.02 Å². The molecule has 0 radical (unpaired) electrons. The molecule has 2 aliphatic rings. The molecule has 0 saturated heterocycles. The highest BCUT2D eigenvalue weighted by Crippen LogP contribution is 2.31. The molecule has 1 fully saturated rings. The van der Waals surface area contributed by atoms with Crippen LogP contribution in [-0.4, -0.2) is 30.4 Å². The molecule has 0 bridgehead atoms. The topological polar surface area (TPSA) is 41.5 Å². The number of hydrogen-bond donors (Lipinski definition) is 2. The Morgan fingerprint density at radius 3 is 3.05 bits per heavy atom. The van der Waals surface area contributed by atoms with Gasteiger partial charge in [0, 0.05) is 18.0 Å². The maximum absolute atomic E-state index is 9.67. The van der Waals surface area contributed by atoms with Gasteiger partial charge in [0.2, 0.25) is 0 Å². The Morgan fingerprint density at radius 1 is 1.30 bits per heavy atom. The third kappa shape index (κ3) is 3.46. The minimum atomic E-state index is -0.0929. The first-order chi connectivity index (χ1) is 9.70. The van der Waals surface area contributed by atoms with Gasteiger partial charge in [0.05, 0.1) is 6.10 Å². The van der Waals surface area contributed by atoms with Crippen molar-refractivity contribution < 1.29 is 9.84 Å². The van der Waals surface area contributed by atoms with Crippen LogP contribution < -0.4 is 10.1 Å². The van der Waals surface area contributed by atoms with Crippen LogP contribution in [0.5, 0.6) is 5.75 Å². The van der Waals surface area contributed by atoms with Crippen LogP contribution in [0.15, 0.2) is 18.2 Å². The van der Waals surface area contributed by atoms with E-state index in [1.54, 1.807) is 0 Å². The van der Waals surface area contributed by atoms with Crippen LogP contribution in [0, 0.1) is 5.92 Å². The average Bonchev–Trinajstić information content (AvgIpc) is 2.80. The zero-order chi connectivity index (χ0) is 13.9. The van der Waals surface area contributed by atoms with Crippen molar-refractivity contribution in [1.29, 1.82) is 0 Å². The molecule has 0 amide bonds. The Balaban J connectivity index is 1.42. The fourth-order valence-electron chi connectivity index (χ4n) is 3.30. The molecule has 3 nitrogen and oxygen atoms in total. The Kier molecular flexibility index (Phi) is 4.49. The zero-order valence-corrected chi connectivity index (χ0v) is 12.4. The molecule has 110 valence electrons. The van der Waals surface area contributed by atoms with E-state index in [1.807, 2.05) is 18.2 Å². The molecule has 20 heavy (non-hydrogen) atoms. The second-order valence-electron chi connectivity index (χ2n) is 6.04. The lowest BCUT2D eigenvalue weighted by Crippen LogP contribution is -2.35. The molecule has 1 heterocycles. The number of aliphatic hydroxyl groups is 1. The van der Waals surface area contributed by atoms with Crippen molar-refractivity contribution in [2.24, 2.45) is 5.92 Å². The fourth-order valence-corrected chi connectivity index (χ4v) is 3.49. The van der Waals surface area contributed by atoms with E-state index in [4.69, 9.17) is 16.3 Å². The van der Waals surface area contributed by atoms with Gasteiger partial charge in [-0.25, -0.2) is 0 Å². The number of nitrogens with one attached hydrogen (secondary N) is 1. The summed E-state index contributed by atoms with van der Waals surface area (Å²) in [6, 6.07) is 5.82. The Morgan fingerprint density at radius 2 is 2.20 bits per heavy atom. The van der Waals surface area contributed by atoms with Gasteiger partial charge in [-0.1, -0.05) is 18.0 Å². The van der Waals surface area contributed by atoms with Crippen molar-refractivity contribution in [3.05, 3.63) is 28.8 Å². The highest BCUT2D eigenvalue weighted by molar-refractivity contribution is 6.30. The normalized spacial score (nSPS) is 29.0. The third-order valence-corrected chi connectivity index (χ3v) is 4.56. The van der Waals surface area contributed by atoms with Crippen molar-refractivity contribution in [3.8, 4) is 5.75 Å². The number of halogens is 1. The molecular formula is C16H22ClNO2.